The minimum atomic E-state index is -0.787. The van der Waals surface area contributed by atoms with Crippen LogP contribution in [0.5, 0.6) is 5.75 Å². The van der Waals surface area contributed by atoms with Crippen LogP contribution in [0.1, 0.15) is 33.3 Å². The zero-order valence-corrected chi connectivity index (χ0v) is 12.4. The molecule has 1 amide bonds. The Morgan fingerprint density at radius 2 is 1.95 bits per heavy atom. The van der Waals surface area contributed by atoms with Crippen molar-refractivity contribution >= 4 is 11.9 Å². The second kappa shape index (κ2) is 5.53. The van der Waals surface area contributed by atoms with Crippen molar-refractivity contribution in [3.63, 3.8) is 0 Å². The van der Waals surface area contributed by atoms with Crippen molar-refractivity contribution in [3.8, 4) is 5.75 Å². The number of benzene rings is 1. The number of ether oxygens (including phenoxy) is 1. The van der Waals surface area contributed by atoms with Gasteiger partial charge in [-0.1, -0.05) is 12.1 Å². The predicted octanol–water partition coefficient (Wildman–Crippen LogP) is 1.78. The highest BCUT2D eigenvalue weighted by Gasteiger charge is 2.42. The lowest BCUT2D eigenvalue weighted by Gasteiger charge is -2.22. The van der Waals surface area contributed by atoms with Gasteiger partial charge in [0.25, 0.3) is 5.91 Å². The van der Waals surface area contributed by atoms with Gasteiger partial charge in [-0.05, 0) is 45.4 Å². The average Bonchev–Trinajstić information content (AvgIpc) is 2.66. The van der Waals surface area contributed by atoms with Gasteiger partial charge in [0.2, 0.25) is 0 Å². The van der Waals surface area contributed by atoms with Gasteiger partial charge in [0.05, 0.1) is 6.10 Å². The maximum absolute atomic E-state index is 12.2. The van der Waals surface area contributed by atoms with Gasteiger partial charge in [-0.2, -0.15) is 0 Å². The first kappa shape index (κ1) is 14.4. The molecule has 1 saturated heterocycles. The fraction of sp³-hybridized carbons (Fsp3) is 0.467. The molecule has 108 valence electrons. The van der Waals surface area contributed by atoms with E-state index >= 15 is 0 Å². The fourth-order valence-corrected chi connectivity index (χ4v) is 2.14. The van der Waals surface area contributed by atoms with Gasteiger partial charge in [0.1, 0.15) is 11.3 Å². The van der Waals surface area contributed by atoms with Gasteiger partial charge in [0.15, 0.2) is 5.96 Å². The summed E-state index contributed by atoms with van der Waals surface area (Å²) in [6.07, 6.45) is 0.132. The molecule has 1 aliphatic rings. The third kappa shape index (κ3) is 2.76. The zero-order valence-electron chi connectivity index (χ0n) is 12.4. The van der Waals surface area contributed by atoms with E-state index < -0.39 is 5.54 Å². The van der Waals surface area contributed by atoms with Crippen molar-refractivity contribution in [1.29, 1.82) is 0 Å². The number of carbonyl (C=O) groups is 1. The van der Waals surface area contributed by atoms with Gasteiger partial charge < -0.3 is 10.1 Å². The van der Waals surface area contributed by atoms with E-state index in [1.54, 1.807) is 0 Å². The van der Waals surface area contributed by atoms with Crippen LogP contribution >= 0.6 is 0 Å². The number of aliphatic imine (C=N–C) groups is 1. The number of amides is 1. The van der Waals surface area contributed by atoms with E-state index in [0.717, 1.165) is 11.3 Å². The van der Waals surface area contributed by atoms with E-state index in [1.807, 2.05) is 52.0 Å². The fourth-order valence-electron chi connectivity index (χ4n) is 2.14. The monoisotopic (exact) mass is 275 g/mol. The number of hydrogen-bond acceptors (Lipinski definition) is 3. The quantitative estimate of drug-likeness (QED) is 0.880. The van der Waals surface area contributed by atoms with E-state index in [-0.39, 0.29) is 12.0 Å². The number of guanidine groups is 1. The van der Waals surface area contributed by atoms with E-state index in [4.69, 9.17) is 4.74 Å². The molecular weight excluding hydrogens is 254 g/mol. The summed E-state index contributed by atoms with van der Waals surface area (Å²) in [4.78, 5) is 16.4. The van der Waals surface area contributed by atoms with E-state index in [9.17, 15) is 4.79 Å². The summed E-state index contributed by atoms with van der Waals surface area (Å²) in [5, 5.41) is 5.90. The molecule has 0 radical (unpaired) electrons. The van der Waals surface area contributed by atoms with Crippen LogP contribution in [-0.2, 0) is 10.3 Å². The molecule has 1 atom stereocenters. The van der Waals surface area contributed by atoms with Crippen LogP contribution in [0, 0.1) is 0 Å². The standard InChI is InChI=1S/C15H21N3O2/c1-5-16-14-17-13(19)15(4,18-14)11-6-8-12(9-7-11)20-10(2)3/h6-10H,5H2,1-4H3,(H2,16,17,18,19). The molecule has 20 heavy (non-hydrogen) atoms. The molecule has 5 nitrogen and oxygen atoms in total. The highest BCUT2D eigenvalue weighted by molar-refractivity contribution is 6.09. The van der Waals surface area contributed by atoms with Crippen molar-refractivity contribution in [2.75, 3.05) is 6.54 Å². The lowest BCUT2D eigenvalue weighted by atomic mass is 9.92. The van der Waals surface area contributed by atoms with Crippen molar-refractivity contribution in [3.05, 3.63) is 29.8 Å². The number of nitrogens with one attached hydrogen (secondary N) is 2. The molecule has 0 saturated carbocycles. The number of carbonyl (C=O) groups excluding carboxylic acids is 1. The Balaban J connectivity index is 2.22. The summed E-state index contributed by atoms with van der Waals surface area (Å²) in [6, 6.07) is 7.56. The molecule has 0 bridgehead atoms. The van der Waals surface area contributed by atoms with E-state index in [0.29, 0.717) is 12.5 Å². The molecule has 0 aromatic heterocycles. The minimum absolute atomic E-state index is 0.0952. The Labute approximate surface area is 119 Å². The molecule has 0 aliphatic carbocycles. The smallest absolute Gasteiger partial charge is 0.256 e. The molecule has 2 N–H and O–H groups in total. The maximum Gasteiger partial charge on any atom is 0.256 e. The van der Waals surface area contributed by atoms with Crippen LogP contribution in [0.15, 0.2) is 29.3 Å². The Bertz CT molecular complexity index is 522. The normalized spacial score (nSPS) is 23.9. The van der Waals surface area contributed by atoms with Gasteiger partial charge in [-0.25, -0.2) is 0 Å². The first-order valence-electron chi connectivity index (χ1n) is 6.87. The summed E-state index contributed by atoms with van der Waals surface area (Å²) in [7, 11) is 0. The summed E-state index contributed by atoms with van der Waals surface area (Å²) >= 11 is 0. The number of hydrogen-bond donors (Lipinski definition) is 2. The topological polar surface area (TPSA) is 62.7 Å². The Morgan fingerprint density at radius 1 is 1.30 bits per heavy atom. The molecule has 0 spiro atoms. The minimum Gasteiger partial charge on any atom is -0.491 e. The van der Waals surface area contributed by atoms with Crippen LogP contribution in [-0.4, -0.2) is 24.5 Å². The van der Waals surface area contributed by atoms with E-state index in [2.05, 4.69) is 15.6 Å². The highest BCUT2D eigenvalue weighted by atomic mass is 16.5. The molecule has 1 unspecified atom stereocenters. The highest BCUT2D eigenvalue weighted by Crippen LogP contribution is 2.26. The number of rotatable bonds is 4. The van der Waals surface area contributed by atoms with Crippen LogP contribution in [0.4, 0.5) is 0 Å². The summed E-state index contributed by atoms with van der Waals surface area (Å²) in [5.74, 6) is 1.23. The molecule has 1 aliphatic heterocycles. The lowest BCUT2D eigenvalue weighted by Crippen LogP contribution is -2.40. The van der Waals surface area contributed by atoms with Crippen LogP contribution in [0.2, 0.25) is 0 Å². The average molecular weight is 275 g/mol. The van der Waals surface area contributed by atoms with Crippen molar-refractivity contribution < 1.29 is 9.53 Å². The Kier molecular flexibility index (Phi) is 3.97. The first-order chi connectivity index (χ1) is 9.45. The summed E-state index contributed by atoms with van der Waals surface area (Å²) in [6.45, 7) is 8.36. The van der Waals surface area contributed by atoms with Gasteiger partial charge >= 0.3 is 0 Å². The van der Waals surface area contributed by atoms with Crippen molar-refractivity contribution in [2.45, 2.75) is 39.3 Å². The predicted molar refractivity (Wildman–Crippen MR) is 78.8 cm³/mol. The molecule has 1 heterocycles. The van der Waals surface area contributed by atoms with Gasteiger partial charge in [0, 0.05) is 6.54 Å². The molecule has 1 fully saturated rings. The molecule has 1 aromatic rings. The molecular formula is C15H21N3O2. The molecule has 5 heteroatoms. The van der Waals surface area contributed by atoms with Gasteiger partial charge in [-0.3, -0.25) is 15.1 Å². The maximum atomic E-state index is 12.2. The zero-order chi connectivity index (χ0) is 14.8. The molecule has 1 aromatic carbocycles. The Morgan fingerprint density at radius 3 is 2.50 bits per heavy atom. The SMILES string of the molecule is CCN=C1NC(=O)C(C)(c2ccc(OC(C)C)cc2)N1. The van der Waals surface area contributed by atoms with Crippen molar-refractivity contribution in [1.82, 2.24) is 10.6 Å². The van der Waals surface area contributed by atoms with Crippen LogP contribution in [0.3, 0.4) is 0 Å². The third-order valence-corrected chi connectivity index (χ3v) is 3.17. The lowest BCUT2D eigenvalue weighted by molar-refractivity contribution is -0.123. The second-order valence-electron chi connectivity index (χ2n) is 5.22. The van der Waals surface area contributed by atoms with Crippen LogP contribution in [0.25, 0.3) is 0 Å². The van der Waals surface area contributed by atoms with E-state index in [1.165, 1.54) is 0 Å². The summed E-state index contributed by atoms with van der Waals surface area (Å²) < 4.78 is 5.61. The third-order valence-electron chi connectivity index (χ3n) is 3.17. The largest absolute Gasteiger partial charge is 0.491 e. The first-order valence-corrected chi connectivity index (χ1v) is 6.87. The molecule has 2 rings (SSSR count). The van der Waals surface area contributed by atoms with Crippen molar-refractivity contribution in [2.24, 2.45) is 4.99 Å². The summed E-state index contributed by atoms with van der Waals surface area (Å²) in [5.41, 5.74) is 0.0945. The van der Waals surface area contributed by atoms with Crippen LogP contribution < -0.4 is 15.4 Å². The number of nitrogens with zero attached hydrogens (tertiary/aromatic N) is 1. The Hall–Kier alpha value is -2.04. The second-order valence-corrected chi connectivity index (χ2v) is 5.22. The van der Waals surface area contributed by atoms with Gasteiger partial charge in [-0.15, -0.1) is 0 Å².